The van der Waals surface area contributed by atoms with E-state index in [4.69, 9.17) is 4.74 Å². The zero-order valence-electron chi connectivity index (χ0n) is 19.5. The molecule has 5 rings (SSSR count). The van der Waals surface area contributed by atoms with E-state index in [-0.39, 0.29) is 30.2 Å². The van der Waals surface area contributed by atoms with E-state index >= 15 is 0 Å². The third-order valence-corrected chi connectivity index (χ3v) is 7.90. The average molecular weight is 496 g/mol. The lowest BCUT2D eigenvalue weighted by Crippen LogP contribution is -2.44. The van der Waals surface area contributed by atoms with Crippen molar-refractivity contribution in [3.63, 3.8) is 0 Å². The van der Waals surface area contributed by atoms with Crippen molar-refractivity contribution in [3.05, 3.63) is 57.6 Å². The Hall–Kier alpha value is -2.37. The number of nitro groups is 1. The zero-order valence-corrected chi connectivity index (χ0v) is 19.5. The monoisotopic (exact) mass is 495 g/mol. The first-order valence-electron chi connectivity index (χ1n) is 12.4. The van der Waals surface area contributed by atoms with Gasteiger partial charge in [0.25, 0.3) is 5.70 Å². The van der Waals surface area contributed by atoms with Crippen LogP contribution in [0, 0.1) is 15.5 Å². The number of dihydropyridines is 1. The molecule has 0 aromatic rings. The van der Waals surface area contributed by atoms with Gasteiger partial charge in [-0.1, -0.05) is 0 Å². The molecule has 0 amide bonds. The fraction of sp³-hybridized carbons (Fsp3) is 0.667. The molecule has 3 unspecified atom stereocenters. The van der Waals surface area contributed by atoms with Crippen LogP contribution in [0.25, 0.3) is 0 Å². The third kappa shape index (κ3) is 5.41. The van der Waals surface area contributed by atoms with Gasteiger partial charge in [0, 0.05) is 50.2 Å². The van der Waals surface area contributed by atoms with Crippen LogP contribution in [0.3, 0.4) is 0 Å². The van der Waals surface area contributed by atoms with Gasteiger partial charge in [0.2, 0.25) is 0 Å². The van der Waals surface area contributed by atoms with Crippen LogP contribution in [0.1, 0.15) is 38.5 Å². The molecule has 3 atom stereocenters. The van der Waals surface area contributed by atoms with E-state index in [1.54, 1.807) is 0 Å². The Morgan fingerprint density at radius 2 is 1.94 bits per heavy atom. The Morgan fingerprint density at radius 1 is 1.20 bits per heavy atom. The highest BCUT2D eigenvalue weighted by Crippen LogP contribution is 2.57. The molecule has 8 nitrogen and oxygen atoms in total. The number of hydrogen-bond donors (Lipinski definition) is 3. The smallest absolute Gasteiger partial charge is 0.369 e. The standard InChI is InChI=1S/C24H32F3N5O3/c25-24(26,27)19-13-16(1-2-20(19)32(33)34)30-21-15-23(21)6-3-18(4-7-23)35-22-14-17(5-8-29-22)31-11-9-28-10-12-31/h2,5,8,13-14,16,18,21-22,28-30H,1,3-4,6-7,9-12,15H2. The Balaban J connectivity index is 1.11. The summed E-state index contributed by atoms with van der Waals surface area (Å²) in [5.41, 5.74) is -0.720. The maximum absolute atomic E-state index is 13.3. The van der Waals surface area contributed by atoms with Gasteiger partial charge in [-0.05, 0) is 68.2 Å². The predicted molar refractivity (Wildman–Crippen MR) is 124 cm³/mol. The van der Waals surface area contributed by atoms with E-state index < -0.39 is 28.4 Å². The lowest BCUT2D eigenvalue weighted by molar-refractivity contribution is -0.424. The molecule has 2 saturated carbocycles. The molecule has 5 aliphatic rings. The van der Waals surface area contributed by atoms with Crippen molar-refractivity contribution >= 4 is 0 Å². The number of nitrogens with one attached hydrogen (secondary N) is 3. The Kier molecular flexibility index (Phi) is 6.67. The van der Waals surface area contributed by atoms with Crippen molar-refractivity contribution in [1.82, 2.24) is 20.9 Å². The molecule has 11 heteroatoms. The van der Waals surface area contributed by atoms with Crippen LogP contribution in [0.5, 0.6) is 0 Å². The number of piperazine rings is 1. The number of hydrogen-bond acceptors (Lipinski definition) is 7. The molecule has 2 aliphatic heterocycles. The molecule has 1 saturated heterocycles. The predicted octanol–water partition coefficient (Wildman–Crippen LogP) is 2.95. The first kappa shape index (κ1) is 24.3. The highest BCUT2D eigenvalue weighted by atomic mass is 19.4. The summed E-state index contributed by atoms with van der Waals surface area (Å²) in [6, 6.07) is -0.403. The van der Waals surface area contributed by atoms with Crippen molar-refractivity contribution in [2.24, 2.45) is 5.41 Å². The van der Waals surface area contributed by atoms with Crippen LogP contribution >= 0.6 is 0 Å². The molecule has 1 spiro atoms. The van der Waals surface area contributed by atoms with Crippen LogP contribution in [-0.4, -0.2) is 66.6 Å². The molecule has 35 heavy (non-hydrogen) atoms. The van der Waals surface area contributed by atoms with E-state index in [0.717, 1.165) is 70.4 Å². The van der Waals surface area contributed by atoms with Crippen molar-refractivity contribution in [1.29, 1.82) is 0 Å². The summed E-state index contributed by atoms with van der Waals surface area (Å²) in [6.07, 6.45) is 8.35. The summed E-state index contributed by atoms with van der Waals surface area (Å²) in [5.74, 6) is 0. The van der Waals surface area contributed by atoms with Crippen LogP contribution in [0.15, 0.2) is 47.5 Å². The van der Waals surface area contributed by atoms with Crippen LogP contribution in [-0.2, 0) is 4.74 Å². The van der Waals surface area contributed by atoms with E-state index in [1.807, 2.05) is 6.20 Å². The molecule has 192 valence electrons. The van der Waals surface area contributed by atoms with Gasteiger partial charge < -0.3 is 25.6 Å². The van der Waals surface area contributed by atoms with Gasteiger partial charge >= 0.3 is 6.18 Å². The first-order chi connectivity index (χ1) is 16.7. The molecule has 3 N–H and O–H groups in total. The lowest BCUT2D eigenvalue weighted by Gasteiger charge is -2.35. The zero-order chi connectivity index (χ0) is 24.6. The Labute approximate surface area is 202 Å². The minimum absolute atomic E-state index is 0.0981. The van der Waals surface area contributed by atoms with Gasteiger partial charge in [-0.25, -0.2) is 0 Å². The van der Waals surface area contributed by atoms with E-state index in [1.165, 1.54) is 5.70 Å². The van der Waals surface area contributed by atoms with Crippen molar-refractivity contribution < 1.29 is 22.8 Å². The Morgan fingerprint density at radius 3 is 2.63 bits per heavy atom. The molecule has 2 heterocycles. The van der Waals surface area contributed by atoms with Crippen molar-refractivity contribution in [2.75, 3.05) is 26.2 Å². The fourth-order valence-corrected chi connectivity index (χ4v) is 5.84. The van der Waals surface area contributed by atoms with Gasteiger partial charge in [0.1, 0.15) is 11.8 Å². The maximum atomic E-state index is 13.3. The van der Waals surface area contributed by atoms with E-state index in [9.17, 15) is 23.3 Å². The number of alkyl halides is 3. The Bertz CT molecular complexity index is 947. The van der Waals surface area contributed by atoms with E-state index in [0.29, 0.717) is 0 Å². The number of rotatable bonds is 6. The third-order valence-electron chi connectivity index (χ3n) is 7.90. The van der Waals surface area contributed by atoms with Gasteiger partial charge in [-0.2, -0.15) is 13.2 Å². The van der Waals surface area contributed by atoms with Crippen LogP contribution < -0.4 is 16.0 Å². The van der Waals surface area contributed by atoms with Crippen molar-refractivity contribution in [2.45, 2.75) is 69.1 Å². The number of halogens is 3. The molecular weight excluding hydrogens is 463 g/mol. The van der Waals surface area contributed by atoms with Gasteiger partial charge in [-0.15, -0.1) is 0 Å². The summed E-state index contributed by atoms with van der Waals surface area (Å²) >= 11 is 0. The summed E-state index contributed by atoms with van der Waals surface area (Å²) in [7, 11) is 0. The summed E-state index contributed by atoms with van der Waals surface area (Å²) in [6.45, 7) is 3.91. The summed E-state index contributed by atoms with van der Waals surface area (Å²) in [5, 5.41) is 21.0. The molecule has 3 aliphatic carbocycles. The number of ether oxygens (including phenoxy) is 1. The highest BCUT2D eigenvalue weighted by molar-refractivity contribution is 5.35. The summed E-state index contributed by atoms with van der Waals surface area (Å²) < 4.78 is 46.3. The largest absolute Gasteiger partial charge is 0.422 e. The second-order valence-corrected chi connectivity index (χ2v) is 10.1. The normalized spacial score (nSPS) is 35.2. The quantitative estimate of drug-likeness (QED) is 0.386. The lowest BCUT2D eigenvalue weighted by atomic mass is 9.83. The second kappa shape index (κ2) is 9.59. The number of allylic oxidation sites excluding steroid dienone is 2. The molecule has 0 bridgehead atoms. The molecule has 0 radical (unpaired) electrons. The minimum Gasteiger partial charge on any atom is -0.369 e. The van der Waals surface area contributed by atoms with Gasteiger partial charge in [0.15, 0.2) is 0 Å². The first-order valence-corrected chi connectivity index (χ1v) is 12.4. The van der Waals surface area contributed by atoms with E-state index in [2.05, 4.69) is 33.0 Å². The number of nitrogens with zero attached hydrogens (tertiary/aromatic N) is 2. The molecule has 0 aromatic heterocycles. The second-order valence-electron chi connectivity index (χ2n) is 10.1. The van der Waals surface area contributed by atoms with Crippen LogP contribution in [0.4, 0.5) is 13.2 Å². The van der Waals surface area contributed by atoms with Crippen molar-refractivity contribution in [3.8, 4) is 0 Å². The summed E-state index contributed by atoms with van der Waals surface area (Å²) in [4.78, 5) is 12.4. The molecule has 0 aromatic carbocycles. The maximum Gasteiger partial charge on any atom is 0.422 e. The van der Waals surface area contributed by atoms with Crippen LogP contribution in [0.2, 0.25) is 0 Å². The molecular formula is C24H32F3N5O3. The van der Waals surface area contributed by atoms with Gasteiger partial charge in [-0.3, -0.25) is 10.1 Å². The SMILES string of the molecule is O=[N+]([O-])C1=CCC(NC2CC23CCC(OC2C=C(N4CCNCC4)C=CN2)CC3)C=C1C(F)(F)F. The fourth-order valence-electron chi connectivity index (χ4n) is 5.84. The highest BCUT2D eigenvalue weighted by Gasteiger charge is 2.56. The van der Waals surface area contributed by atoms with Gasteiger partial charge in [0.05, 0.1) is 11.0 Å². The minimum atomic E-state index is -4.74. The molecule has 3 fully saturated rings. The topological polar surface area (TPSA) is 91.7 Å². The average Bonchev–Trinajstić information content (AvgIpc) is 3.51.